The van der Waals surface area contributed by atoms with E-state index >= 15 is 0 Å². The molecule has 1 saturated carbocycles. The molecule has 2 N–H and O–H groups in total. The SMILES string of the molecule is CC(C)c1noc(CNc2ccc(C(=O)NC3CCCCC3)cc2)n1. The Balaban J connectivity index is 1.51. The molecule has 0 atom stereocenters. The summed E-state index contributed by atoms with van der Waals surface area (Å²) in [6, 6.07) is 7.80. The Labute approximate surface area is 148 Å². The molecule has 1 aromatic heterocycles. The van der Waals surface area contributed by atoms with Gasteiger partial charge in [0, 0.05) is 23.2 Å². The number of hydrogen-bond donors (Lipinski definition) is 2. The Morgan fingerprint density at radius 3 is 2.56 bits per heavy atom. The number of nitrogens with one attached hydrogen (secondary N) is 2. The maximum Gasteiger partial charge on any atom is 0.251 e. The average molecular weight is 342 g/mol. The van der Waals surface area contributed by atoms with Crippen molar-refractivity contribution < 1.29 is 9.32 Å². The Hall–Kier alpha value is -2.37. The predicted octanol–water partition coefficient (Wildman–Crippen LogP) is 3.87. The van der Waals surface area contributed by atoms with Gasteiger partial charge in [-0.3, -0.25) is 4.79 Å². The summed E-state index contributed by atoms with van der Waals surface area (Å²) in [5.74, 6) is 1.53. The van der Waals surface area contributed by atoms with Gasteiger partial charge in [-0.15, -0.1) is 0 Å². The van der Waals surface area contributed by atoms with E-state index in [2.05, 4.69) is 20.8 Å². The van der Waals surface area contributed by atoms with E-state index in [0.717, 1.165) is 18.5 Å². The van der Waals surface area contributed by atoms with Crippen LogP contribution in [0.15, 0.2) is 28.8 Å². The van der Waals surface area contributed by atoms with Crippen molar-refractivity contribution in [3.05, 3.63) is 41.5 Å². The summed E-state index contributed by atoms with van der Waals surface area (Å²) >= 11 is 0. The van der Waals surface area contributed by atoms with E-state index in [0.29, 0.717) is 29.9 Å². The number of hydrogen-bond acceptors (Lipinski definition) is 5. The number of anilines is 1. The minimum absolute atomic E-state index is 0.0110. The standard InChI is InChI=1S/C19H26N4O2/c1-13(2)18-22-17(25-23-18)12-20-15-10-8-14(9-11-15)19(24)21-16-6-4-3-5-7-16/h8-11,13,16,20H,3-7,12H2,1-2H3,(H,21,24). The van der Waals surface area contributed by atoms with Crippen LogP contribution in [0.1, 0.15) is 73.9 Å². The van der Waals surface area contributed by atoms with Crippen LogP contribution in [-0.4, -0.2) is 22.1 Å². The van der Waals surface area contributed by atoms with Crippen molar-refractivity contribution in [3.63, 3.8) is 0 Å². The third-order valence-electron chi connectivity index (χ3n) is 4.53. The lowest BCUT2D eigenvalue weighted by atomic mass is 9.95. The largest absolute Gasteiger partial charge is 0.376 e. The van der Waals surface area contributed by atoms with Gasteiger partial charge >= 0.3 is 0 Å². The summed E-state index contributed by atoms with van der Waals surface area (Å²) in [4.78, 5) is 16.6. The molecule has 1 aromatic carbocycles. The Morgan fingerprint density at radius 2 is 1.92 bits per heavy atom. The van der Waals surface area contributed by atoms with Gasteiger partial charge in [-0.2, -0.15) is 4.98 Å². The van der Waals surface area contributed by atoms with E-state index in [1.54, 1.807) is 0 Å². The fourth-order valence-corrected chi connectivity index (χ4v) is 3.01. The molecule has 25 heavy (non-hydrogen) atoms. The van der Waals surface area contributed by atoms with Crippen LogP contribution >= 0.6 is 0 Å². The molecule has 1 aliphatic rings. The van der Waals surface area contributed by atoms with Crippen LogP contribution in [0.4, 0.5) is 5.69 Å². The van der Waals surface area contributed by atoms with Crippen molar-refractivity contribution in [2.24, 2.45) is 0 Å². The molecule has 0 spiro atoms. The first-order valence-corrected chi connectivity index (χ1v) is 9.09. The lowest BCUT2D eigenvalue weighted by Crippen LogP contribution is -2.36. The summed E-state index contributed by atoms with van der Waals surface area (Å²) < 4.78 is 5.21. The predicted molar refractivity (Wildman–Crippen MR) is 96.5 cm³/mol. The highest BCUT2D eigenvalue weighted by atomic mass is 16.5. The van der Waals surface area contributed by atoms with Crippen molar-refractivity contribution >= 4 is 11.6 Å². The van der Waals surface area contributed by atoms with Gasteiger partial charge in [-0.25, -0.2) is 0 Å². The van der Waals surface area contributed by atoms with Crippen LogP contribution in [0.5, 0.6) is 0 Å². The summed E-state index contributed by atoms with van der Waals surface area (Å²) in [6.45, 7) is 4.52. The fourth-order valence-electron chi connectivity index (χ4n) is 3.01. The maximum absolute atomic E-state index is 12.3. The quantitative estimate of drug-likeness (QED) is 0.833. The highest BCUT2D eigenvalue weighted by Crippen LogP contribution is 2.18. The minimum Gasteiger partial charge on any atom is -0.376 e. The molecule has 6 heteroatoms. The van der Waals surface area contributed by atoms with Crippen molar-refractivity contribution in [1.82, 2.24) is 15.5 Å². The topological polar surface area (TPSA) is 80.0 Å². The molecule has 2 aromatic rings. The first-order chi connectivity index (χ1) is 12.1. The van der Waals surface area contributed by atoms with Crippen LogP contribution in [-0.2, 0) is 6.54 Å². The molecule has 134 valence electrons. The van der Waals surface area contributed by atoms with Gasteiger partial charge in [0.1, 0.15) is 0 Å². The molecule has 0 bridgehead atoms. The smallest absolute Gasteiger partial charge is 0.251 e. The van der Waals surface area contributed by atoms with E-state index in [1.165, 1.54) is 19.3 Å². The zero-order valence-electron chi connectivity index (χ0n) is 14.9. The van der Waals surface area contributed by atoms with E-state index in [4.69, 9.17) is 4.52 Å². The molecule has 3 rings (SSSR count). The average Bonchev–Trinajstić information content (AvgIpc) is 3.11. The molecule has 1 fully saturated rings. The highest BCUT2D eigenvalue weighted by molar-refractivity contribution is 5.94. The Bertz CT molecular complexity index is 688. The van der Waals surface area contributed by atoms with Crippen LogP contribution < -0.4 is 10.6 Å². The number of nitrogens with zero attached hydrogens (tertiary/aromatic N) is 2. The second-order valence-corrected chi connectivity index (χ2v) is 6.94. The fraction of sp³-hybridized carbons (Fsp3) is 0.526. The number of rotatable bonds is 6. The highest BCUT2D eigenvalue weighted by Gasteiger charge is 2.16. The second kappa shape index (κ2) is 8.14. The zero-order chi connectivity index (χ0) is 17.6. The van der Waals surface area contributed by atoms with Crippen LogP contribution in [0.2, 0.25) is 0 Å². The van der Waals surface area contributed by atoms with E-state index in [1.807, 2.05) is 38.1 Å². The Kier molecular flexibility index (Phi) is 5.68. The third-order valence-corrected chi connectivity index (χ3v) is 4.53. The number of carbonyl (C=O) groups excluding carboxylic acids is 1. The first-order valence-electron chi connectivity index (χ1n) is 9.09. The summed E-state index contributed by atoms with van der Waals surface area (Å²) in [7, 11) is 0. The molecule has 0 saturated heterocycles. The second-order valence-electron chi connectivity index (χ2n) is 6.94. The molecule has 1 heterocycles. The lowest BCUT2D eigenvalue weighted by molar-refractivity contribution is 0.0927. The molecule has 1 amide bonds. The van der Waals surface area contributed by atoms with Gasteiger partial charge in [0.15, 0.2) is 5.82 Å². The van der Waals surface area contributed by atoms with Crippen LogP contribution in [0.3, 0.4) is 0 Å². The Morgan fingerprint density at radius 1 is 1.20 bits per heavy atom. The normalized spacial score (nSPS) is 15.3. The number of carbonyl (C=O) groups is 1. The van der Waals surface area contributed by atoms with Gasteiger partial charge in [0.05, 0.1) is 6.54 Å². The van der Waals surface area contributed by atoms with E-state index in [9.17, 15) is 4.79 Å². The van der Waals surface area contributed by atoms with Crippen molar-refractivity contribution in [3.8, 4) is 0 Å². The van der Waals surface area contributed by atoms with Gasteiger partial charge in [-0.1, -0.05) is 38.3 Å². The minimum atomic E-state index is 0.0110. The van der Waals surface area contributed by atoms with Crippen molar-refractivity contribution in [1.29, 1.82) is 0 Å². The molecule has 0 unspecified atom stereocenters. The molecule has 0 aliphatic heterocycles. The van der Waals surface area contributed by atoms with E-state index < -0.39 is 0 Å². The molecule has 0 radical (unpaired) electrons. The summed E-state index contributed by atoms with van der Waals surface area (Å²) in [6.07, 6.45) is 5.89. The van der Waals surface area contributed by atoms with Gasteiger partial charge in [0.2, 0.25) is 5.89 Å². The summed E-state index contributed by atoms with van der Waals surface area (Å²) in [5, 5.41) is 10.3. The molecular formula is C19H26N4O2. The molecular weight excluding hydrogens is 316 g/mol. The molecule has 1 aliphatic carbocycles. The first kappa shape index (κ1) is 17.5. The van der Waals surface area contributed by atoms with Crippen molar-refractivity contribution in [2.75, 3.05) is 5.32 Å². The summed E-state index contributed by atoms with van der Waals surface area (Å²) in [5.41, 5.74) is 1.61. The number of aromatic nitrogens is 2. The van der Waals surface area contributed by atoms with E-state index in [-0.39, 0.29) is 11.8 Å². The third kappa shape index (κ3) is 4.81. The van der Waals surface area contributed by atoms with Crippen LogP contribution in [0, 0.1) is 0 Å². The molecule has 6 nitrogen and oxygen atoms in total. The number of amides is 1. The lowest BCUT2D eigenvalue weighted by Gasteiger charge is -2.22. The van der Waals surface area contributed by atoms with Gasteiger partial charge < -0.3 is 15.2 Å². The van der Waals surface area contributed by atoms with Gasteiger partial charge in [0.25, 0.3) is 5.91 Å². The van der Waals surface area contributed by atoms with Crippen LogP contribution in [0.25, 0.3) is 0 Å². The number of benzene rings is 1. The maximum atomic E-state index is 12.3. The van der Waals surface area contributed by atoms with Gasteiger partial charge in [-0.05, 0) is 37.1 Å². The zero-order valence-corrected chi connectivity index (χ0v) is 14.9. The van der Waals surface area contributed by atoms with Crippen molar-refractivity contribution in [2.45, 2.75) is 64.5 Å². The monoisotopic (exact) mass is 342 g/mol.